The summed E-state index contributed by atoms with van der Waals surface area (Å²) in [5.41, 5.74) is 0. The van der Waals surface area contributed by atoms with Gasteiger partial charge in [0, 0.05) is 31.2 Å². The summed E-state index contributed by atoms with van der Waals surface area (Å²) in [6.07, 6.45) is -1.04. The summed E-state index contributed by atoms with van der Waals surface area (Å²) in [5.74, 6) is 0.760. The third-order valence-corrected chi connectivity index (χ3v) is 6.16. The first-order valence-electron chi connectivity index (χ1n) is 7.45. The molecule has 134 valence electrons. The molecule has 0 aromatic heterocycles. The maximum atomic E-state index is 13.0. The zero-order valence-electron chi connectivity index (χ0n) is 14.1. The lowest BCUT2D eigenvalue weighted by Gasteiger charge is -2.42. The SMILES string of the molecule is COc1ccc(S(=O)(=O)N2[C@H](C)CN(C(=O)O)C[C@@H]2C)cc1OC. The first-order chi connectivity index (χ1) is 11.2. The monoisotopic (exact) mass is 358 g/mol. The molecule has 2 atom stereocenters. The predicted octanol–water partition coefficient (Wildman–Crippen LogP) is 1.47. The molecule has 0 saturated carbocycles. The van der Waals surface area contributed by atoms with Gasteiger partial charge in [0.1, 0.15) is 0 Å². The Balaban J connectivity index is 2.38. The first-order valence-corrected chi connectivity index (χ1v) is 8.89. The van der Waals surface area contributed by atoms with Crippen LogP contribution >= 0.6 is 0 Å². The van der Waals surface area contributed by atoms with Crippen molar-refractivity contribution in [1.29, 1.82) is 0 Å². The number of rotatable bonds is 4. The molecule has 1 amide bonds. The Morgan fingerprint density at radius 1 is 1.12 bits per heavy atom. The molecule has 8 nitrogen and oxygen atoms in total. The number of hydrogen-bond donors (Lipinski definition) is 1. The molecule has 9 heteroatoms. The van der Waals surface area contributed by atoms with Crippen molar-refractivity contribution >= 4 is 16.1 Å². The second kappa shape index (κ2) is 6.86. The average molecular weight is 358 g/mol. The van der Waals surface area contributed by atoms with Crippen LogP contribution in [0.25, 0.3) is 0 Å². The molecule has 1 aliphatic heterocycles. The van der Waals surface area contributed by atoms with Crippen LogP contribution in [0, 0.1) is 0 Å². The van der Waals surface area contributed by atoms with Gasteiger partial charge in [-0.1, -0.05) is 0 Å². The van der Waals surface area contributed by atoms with Crippen LogP contribution in [-0.4, -0.2) is 68.2 Å². The predicted molar refractivity (Wildman–Crippen MR) is 87.1 cm³/mol. The van der Waals surface area contributed by atoms with Gasteiger partial charge in [-0.25, -0.2) is 13.2 Å². The summed E-state index contributed by atoms with van der Waals surface area (Å²) in [6.45, 7) is 3.66. The van der Waals surface area contributed by atoms with Gasteiger partial charge in [-0.05, 0) is 26.0 Å². The molecule has 0 bridgehead atoms. The van der Waals surface area contributed by atoms with Gasteiger partial charge in [0.25, 0.3) is 0 Å². The topological polar surface area (TPSA) is 96.4 Å². The first kappa shape index (κ1) is 18.3. The highest BCUT2D eigenvalue weighted by Crippen LogP contribution is 2.32. The van der Waals surface area contributed by atoms with E-state index in [-0.39, 0.29) is 18.0 Å². The summed E-state index contributed by atoms with van der Waals surface area (Å²) in [6, 6.07) is 3.47. The molecule has 1 aromatic rings. The van der Waals surface area contributed by atoms with Crippen molar-refractivity contribution in [3.63, 3.8) is 0 Å². The molecule has 1 aromatic carbocycles. The van der Waals surface area contributed by atoms with Gasteiger partial charge in [0.05, 0.1) is 19.1 Å². The van der Waals surface area contributed by atoms with Crippen LogP contribution in [0.3, 0.4) is 0 Å². The summed E-state index contributed by atoms with van der Waals surface area (Å²) in [7, 11) is -0.880. The maximum absolute atomic E-state index is 13.0. The minimum atomic E-state index is -3.79. The summed E-state index contributed by atoms with van der Waals surface area (Å²) in [4.78, 5) is 12.5. The number of ether oxygens (including phenoxy) is 2. The summed E-state index contributed by atoms with van der Waals surface area (Å²) >= 11 is 0. The van der Waals surface area contributed by atoms with E-state index in [9.17, 15) is 13.2 Å². The van der Waals surface area contributed by atoms with E-state index in [0.717, 1.165) is 0 Å². The Labute approximate surface area is 141 Å². The lowest BCUT2D eigenvalue weighted by atomic mass is 10.1. The van der Waals surface area contributed by atoms with E-state index in [2.05, 4.69) is 0 Å². The van der Waals surface area contributed by atoms with Crippen LogP contribution in [-0.2, 0) is 10.0 Å². The van der Waals surface area contributed by atoms with E-state index in [1.165, 1.54) is 41.6 Å². The van der Waals surface area contributed by atoms with Gasteiger partial charge in [-0.2, -0.15) is 4.31 Å². The van der Waals surface area contributed by atoms with E-state index in [1.54, 1.807) is 13.8 Å². The van der Waals surface area contributed by atoms with E-state index in [4.69, 9.17) is 14.6 Å². The van der Waals surface area contributed by atoms with Gasteiger partial charge >= 0.3 is 6.09 Å². The lowest BCUT2D eigenvalue weighted by molar-refractivity contribution is 0.0862. The van der Waals surface area contributed by atoms with E-state index in [1.807, 2.05) is 0 Å². The van der Waals surface area contributed by atoms with E-state index in [0.29, 0.717) is 11.5 Å². The fraction of sp³-hybridized carbons (Fsp3) is 0.533. The van der Waals surface area contributed by atoms with Crippen molar-refractivity contribution in [1.82, 2.24) is 9.21 Å². The molecule has 1 N–H and O–H groups in total. The fourth-order valence-corrected chi connectivity index (χ4v) is 4.86. The van der Waals surface area contributed by atoms with Crippen LogP contribution < -0.4 is 9.47 Å². The standard InChI is InChI=1S/C15H22N2O6S/c1-10-8-16(15(18)19)9-11(2)17(10)24(20,21)12-5-6-13(22-3)14(7-12)23-4/h5-7,10-11H,8-9H2,1-4H3,(H,18,19)/t10-,11+. The minimum absolute atomic E-state index is 0.0858. The highest BCUT2D eigenvalue weighted by Gasteiger charge is 2.40. The Kier molecular flexibility index (Phi) is 5.24. The molecule has 1 saturated heterocycles. The largest absolute Gasteiger partial charge is 0.493 e. The Hall–Kier alpha value is -2.00. The number of sulfonamides is 1. The average Bonchev–Trinajstić information content (AvgIpc) is 2.52. The number of piperazine rings is 1. The van der Waals surface area contributed by atoms with Gasteiger partial charge in [-0.3, -0.25) is 0 Å². The zero-order chi connectivity index (χ0) is 18.1. The number of hydrogen-bond acceptors (Lipinski definition) is 5. The number of benzene rings is 1. The van der Waals surface area contributed by atoms with Gasteiger partial charge in [0.15, 0.2) is 11.5 Å². The third kappa shape index (κ3) is 3.27. The second-order valence-corrected chi connectivity index (χ2v) is 7.58. The summed E-state index contributed by atoms with van der Waals surface area (Å²) < 4.78 is 37.7. The molecular weight excluding hydrogens is 336 g/mol. The highest BCUT2D eigenvalue weighted by atomic mass is 32.2. The number of nitrogens with zero attached hydrogens (tertiary/aromatic N) is 2. The molecule has 0 unspecified atom stereocenters. The molecule has 1 fully saturated rings. The Morgan fingerprint density at radius 2 is 1.67 bits per heavy atom. The van der Waals surface area contributed by atoms with Crippen molar-refractivity contribution in [2.75, 3.05) is 27.3 Å². The minimum Gasteiger partial charge on any atom is -0.493 e. The Morgan fingerprint density at radius 3 is 2.12 bits per heavy atom. The molecule has 24 heavy (non-hydrogen) atoms. The van der Waals surface area contributed by atoms with Crippen LogP contribution in [0.1, 0.15) is 13.8 Å². The molecule has 0 radical (unpaired) electrons. The lowest BCUT2D eigenvalue weighted by Crippen LogP contribution is -2.59. The maximum Gasteiger partial charge on any atom is 0.407 e. The smallest absolute Gasteiger partial charge is 0.407 e. The molecular formula is C15H22N2O6S. The fourth-order valence-electron chi connectivity index (χ4n) is 3.04. The summed E-state index contributed by atoms with van der Waals surface area (Å²) in [5, 5.41) is 9.13. The number of methoxy groups -OCH3 is 2. The third-order valence-electron chi connectivity index (χ3n) is 4.04. The van der Waals surface area contributed by atoms with Gasteiger partial charge in [0.2, 0.25) is 10.0 Å². The van der Waals surface area contributed by atoms with Crippen molar-refractivity contribution in [2.45, 2.75) is 30.8 Å². The number of amides is 1. The van der Waals surface area contributed by atoms with E-state index < -0.39 is 28.2 Å². The highest BCUT2D eigenvalue weighted by molar-refractivity contribution is 7.89. The molecule has 0 aliphatic carbocycles. The zero-order valence-corrected chi connectivity index (χ0v) is 14.9. The van der Waals surface area contributed by atoms with E-state index >= 15 is 0 Å². The second-order valence-electron chi connectivity index (χ2n) is 5.74. The van der Waals surface area contributed by atoms with Crippen molar-refractivity contribution < 1.29 is 27.8 Å². The van der Waals surface area contributed by atoms with Crippen LogP contribution in [0.15, 0.2) is 23.1 Å². The number of carboxylic acid groups (broad SMARTS) is 1. The molecule has 2 rings (SSSR count). The van der Waals surface area contributed by atoms with Gasteiger partial charge in [-0.15, -0.1) is 0 Å². The van der Waals surface area contributed by atoms with Crippen molar-refractivity contribution in [3.05, 3.63) is 18.2 Å². The normalized spacial score (nSPS) is 22.2. The van der Waals surface area contributed by atoms with Crippen LogP contribution in [0.2, 0.25) is 0 Å². The number of carbonyl (C=O) groups is 1. The van der Waals surface area contributed by atoms with Crippen molar-refractivity contribution in [3.8, 4) is 11.5 Å². The molecule has 1 aliphatic rings. The van der Waals surface area contributed by atoms with Crippen LogP contribution in [0.4, 0.5) is 4.79 Å². The Bertz CT molecular complexity index is 709. The van der Waals surface area contributed by atoms with Crippen LogP contribution in [0.5, 0.6) is 11.5 Å². The molecule has 0 spiro atoms. The molecule has 1 heterocycles. The quantitative estimate of drug-likeness (QED) is 0.875. The van der Waals surface area contributed by atoms with Crippen molar-refractivity contribution in [2.24, 2.45) is 0 Å². The van der Waals surface area contributed by atoms with Gasteiger partial charge < -0.3 is 19.5 Å².